The number of para-hydroxylation sites is 1. The summed E-state index contributed by atoms with van der Waals surface area (Å²) in [6.07, 6.45) is 2.75. The fourth-order valence-corrected chi connectivity index (χ4v) is 6.03. The number of aliphatic hydroxyl groups is 3. The molecular formula is C32H31FN2O6. The lowest BCUT2D eigenvalue weighted by atomic mass is 9.68. The van der Waals surface area contributed by atoms with Gasteiger partial charge in [0.05, 0.1) is 42.5 Å². The van der Waals surface area contributed by atoms with Crippen molar-refractivity contribution in [1.29, 1.82) is 0 Å². The number of halogens is 1. The molecule has 0 bridgehead atoms. The second-order valence-corrected chi connectivity index (χ2v) is 10.3. The lowest BCUT2D eigenvalue weighted by molar-refractivity contribution is -0.123. The molecule has 2 amide bonds. The molecule has 41 heavy (non-hydrogen) atoms. The Bertz CT molecular complexity index is 1490. The van der Waals surface area contributed by atoms with Crippen LogP contribution in [0.5, 0.6) is 5.75 Å². The zero-order valence-corrected chi connectivity index (χ0v) is 22.2. The average Bonchev–Trinajstić information content (AvgIpc) is 3.25. The predicted octanol–water partition coefficient (Wildman–Crippen LogP) is 3.71. The summed E-state index contributed by atoms with van der Waals surface area (Å²) in [5.41, 5.74) is 3.06. The van der Waals surface area contributed by atoms with E-state index >= 15 is 0 Å². The smallest absolute Gasteiger partial charge is 0.238 e. The average molecular weight is 559 g/mol. The van der Waals surface area contributed by atoms with Gasteiger partial charge in [-0.25, -0.2) is 4.39 Å². The van der Waals surface area contributed by atoms with Gasteiger partial charge >= 0.3 is 0 Å². The number of aromatic hydroxyl groups is 1. The van der Waals surface area contributed by atoms with Crippen LogP contribution in [-0.4, -0.2) is 56.5 Å². The third kappa shape index (κ3) is 5.56. The van der Waals surface area contributed by atoms with Gasteiger partial charge in [-0.2, -0.15) is 0 Å². The van der Waals surface area contributed by atoms with Crippen LogP contribution in [-0.2, 0) is 9.59 Å². The van der Waals surface area contributed by atoms with Gasteiger partial charge in [-0.15, -0.1) is 0 Å². The molecule has 1 aliphatic heterocycles. The second kappa shape index (κ2) is 12.1. The van der Waals surface area contributed by atoms with Crippen LogP contribution < -0.4 is 4.90 Å². The lowest BCUT2D eigenvalue weighted by Gasteiger charge is -2.36. The minimum atomic E-state index is -1.13. The van der Waals surface area contributed by atoms with Crippen molar-refractivity contribution >= 4 is 29.2 Å². The monoisotopic (exact) mass is 558 g/mol. The summed E-state index contributed by atoms with van der Waals surface area (Å²) in [6, 6.07) is 18.0. The van der Waals surface area contributed by atoms with Crippen LogP contribution in [0, 0.1) is 23.6 Å². The molecule has 2 aromatic carbocycles. The Morgan fingerprint density at radius 3 is 2.46 bits per heavy atom. The highest BCUT2D eigenvalue weighted by Crippen LogP contribution is 2.47. The fraction of sp³-hybridized carbons (Fsp3) is 0.281. The van der Waals surface area contributed by atoms with Crippen molar-refractivity contribution in [2.75, 3.05) is 18.1 Å². The molecule has 0 unspecified atom stereocenters. The van der Waals surface area contributed by atoms with Crippen LogP contribution in [0.4, 0.5) is 10.1 Å². The first-order chi connectivity index (χ1) is 19.8. The van der Waals surface area contributed by atoms with Crippen LogP contribution in [0.15, 0.2) is 84.1 Å². The summed E-state index contributed by atoms with van der Waals surface area (Å²) in [7, 11) is 0. The number of carbonyl (C=O) groups is 2. The summed E-state index contributed by atoms with van der Waals surface area (Å²) in [4.78, 5) is 32.4. The number of pyridine rings is 1. The number of carbonyl (C=O) groups excluding carboxylic acids is 2. The van der Waals surface area contributed by atoms with Crippen LogP contribution in [0.25, 0.3) is 11.6 Å². The van der Waals surface area contributed by atoms with Gasteiger partial charge in [0.2, 0.25) is 11.8 Å². The zero-order chi connectivity index (χ0) is 29.1. The van der Waals surface area contributed by atoms with E-state index in [4.69, 9.17) is 0 Å². The number of aromatic nitrogens is 1. The Kier molecular flexibility index (Phi) is 8.39. The molecule has 0 spiro atoms. The first kappa shape index (κ1) is 28.4. The van der Waals surface area contributed by atoms with E-state index < -0.39 is 54.5 Å². The normalized spacial score (nSPS) is 21.8. The molecule has 2 aliphatic rings. The molecule has 1 fully saturated rings. The molecule has 9 heteroatoms. The number of allylic oxidation sites excluding steroid dienone is 1. The van der Waals surface area contributed by atoms with Gasteiger partial charge in [-0.1, -0.05) is 30.3 Å². The maximum absolute atomic E-state index is 14.0. The van der Waals surface area contributed by atoms with Crippen LogP contribution >= 0.6 is 0 Å². The van der Waals surface area contributed by atoms with Gasteiger partial charge in [0, 0.05) is 12.1 Å². The molecule has 4 atom stereocenters. The van der Waals surface area contributed by atoms with Crippen molar-refractivity contribution in [3.63, 3.8) is 0 Å². The maximum Gasteiger partial charge on any atom is 0.238 e. The third-order valence-electron chi connectivity index (χ3n) is 7.94. The van der Waals surface area contributed by atoms with Crippen molar-refractivity contribution in [3.05, 3.63) is 101 Å². The number of phenolic OH excluding ortho intramolecular Hbond substituents is 1. The van der Waals surface area contributed by atoms with Gasteiger partial charge in [-0.05, 0) is 84.0 Å². The number of imide groups is 1. The largest absolute Gasteiger partial charge is 0.505 e. The van der Waals surface area contributed by atoms with Gasteiger partial charge in [0.1, 0.15) is 0 Å². The van der Waals surface area contributed by atoms with Crippen LogP contribution in [0.1, 0.15) is 30.5 Å². The van der Waals surface area contributed by atoms with E-state index in [2.05, 4.69) is 4.98 Å². The zero-order valence-electron chi connectivity index (χ0n) is 22.2. The van der Waals surface area contributed by atoms with Gasteiger partial charge in [-0.3, -0.25) is 19.5 Å². The molecule has 5 rings (SSSR count). The number of anilines is 1. The SMILES string of the molecule is O=C1[C@@H]2[C@@H](CC(CO)=C([C@H](O)CC/C(=C/c3ccc(O)c(F)c3)c3ccccn3)[C@@H]2CO)C(=O)N1c1ccccc1. The molecule has 4 N–H and O–H groups in total. The Balaban J connectivity index is 1.43. The minimum absolute atomic E-state index is 0.105. The Labute approximate surface area is 236 Å². The quantitative estimate of drug-likeness (QED) is 0.233. The van der Waals surface area contributed by atoms with E-state index in [1.54, 1.807) is 66.9 Å². The molecule has 8 nitrogen and oxygen atoms in total. The second-order valence-electron chi connectivity index (χ2n) is 10.3. The van der Waals surface area contributed by atoms with Gasteiger partial charge < -0.3 is 20.4 Å². The van der Waals surface area contributed by atoms with E-state index in [1.807, 2.05) is 0 Å². The molecule has 212 valence electrons. The van der Waals surface area contributed by atoms with Gasteiger partial charge in [0.15, 0.2) is 11.6 Å². The number of phenols is 1. The highest BCUT2D eigenvalue weighted by molar-refractivity contribution is 6.22. The number of fused-ring (bicyclic) bond motifs is 1. The number of amides is 2. The molecule has 0 saturated carbocycles. The molecule has 1 saturated heterocycles. The summed E-state index contributed by atoms with van der Waals surface area (Å²) in [5.74, 6) is -4.49. The number of benzene rings is 2. The van der Waals surface area contributed by atoms with Crippen molar-refractivity contribution in [2.24, 2.45) is 17.8 Å². The molecule has 1 aliphatic carbocycles. The van der Waals surface area contributed by atoms with Crippen LogP contribution in [0.3, 0.4) is 0 Å². The van der Waals surface area contributed by atoms with E-state index in [1.165, 1.54) is 12.1 Å². The standard InChI is InChI=1S/C32H31FN2O6/c33-25-15-19(9-11-27(25)38)14-20(26-8-4-5-13-34-26)10-12-28(39)29-21(17-36)16-23-30(24(29)18-37)32(41)35(31(23)40)22-6-2-1-3-7-22/h1-9,11,13-15,23-24,28,30,36-39H,10,12,16-18H2/b20-14-/t23-,24+,28-,30-/m1/s1. The maximum atomic E-state index is 14.0. The summed E-state index contributed by atoms with van der Waals surface area (Å²) in [6.45, 7) is -0.900. The van der Waals surface area contributed by atoms with Crippen molar-refractivity contribution < 1.29 is 34.4 Å². The minimum Gasteiger partial charge on any atom is -0.505 e. The third-order valence-corrected chi connectivity index (χ3v) is 7.94. The van der Waals surface area contributed by atoms with E-state index in [9.17, 15) is 34.4 Å². The van der Waals surface area contributed by atoms with E-state index in [0.29, 0.717) is 33.7 Å². The number of hydrogen-bond acceptors (Lipinski definition) is 7. The Hall–Kier alpha value is -4.18. The molecule has 2 heterocycles. The van der Waals surface area contributed by atoms with Gasteiger partial charge in [0.25, 0.3) is 0 Å². The predicted molar refractivity (Wildman–Crippen MR) is 151 cm³/mol. The number of hydrogen-bond donors (Lipinski definition) is 4. The number of nitrogens with zero attached hydrogens (tertiary/aromatic N) is 2. The van der Waals surface area contributed by atoms with Crippen molar-refractivity contribution in [1.82, 2.24) is 4.98 Å². The summed E-state index contributed by atoms with van der Waals surface area (Å²) < 4.78 is 14.0. The fourth-order valence-electron chi connectivity index (χ4n) is 6.03. The van der Waals surface area contributed by atoms with Crippen molar-refractivity contribution in [2.45, 2.75) is 25.4 Å². The Morgan fingerprint density at radius 1 is 1.05 bits per heavy atom. The molecule has 0 radical (unpaired) electrons. The van der Waals surface area contributed by atoms with E-state index in [0.717, 1.165) is 4.90 Å². The highest BCUT2D eigenvalue weighted by atomic mass is 19.1. The summed E-state index contributed by atoms with van der Waals surface area (Å²) in [5, 5.41) is 41.7. The first-order valence-corrected chi connectivity index (χ1v) is 13.5. The molecule has 1 aromatic heterocycles. The van der Waals surface area contributed by atoms with E-state index in [-0.39, 0.29) is 25.2 Å². The Morgan fingerprint density at radius 2 is 1.80 bits per heavy atom. The molecular weight excluding hydrogens is 527 g/mol. The number of aliphatic hydroxyl groups excluding tert-OH is 3. The number of rotatable bonds is 9. The summed E-state index contributed by atoms with van der Waals surface area (Å²) >= 11 is 0. The first-order valence-electron chi connectivity index (χ1n) is 13.5. The lowest BCUT2D eigenvalue weighted by Crippen LogP contribution is -2.39. The highest BCUT2D eigenvalue weighted by Gasteiger charge is 2.55. The molecule has 3 aromatic rings. The van der Waals surface area contributed by atoms with Crippen molar-refractivity contribution in [3.8, 4) is 5.75 Å². The topological polar surface area (TPSA) is 131 Å². The van der Waals surface area contributed by atoms with Crippen LogP contribution in [0.2, 0.25) is 0 Å².